The third-order valence-corrected chi connectivity index (χ3v) is 5.67. The maximum absolute atomic E-state index is 14.0. The number of carbonyl (C=O) groups excluding carboxylic acids is 1. The largest absolute Gasteiger partial charge is 0.314 e. The molecule has 2 aromatic carbocycles. The van der Waals surface area contributed by atoms with E-state index in [1.807, 2.05) is 47.0 Å². The summed E-state index contributed by atoms with van der Waals surface area (Å²) < 4.78 is 15.8. The summed E-state index contributed by atoms with van der Waals surface area (Å²) in [5.74, 6) is 0.0999. The molecule has 4 aromatic rings. The summed E-state index contributed by atoms with van der Waals surface area (Å²) in [5, 5.41) is 0.658. The van der Waals surface area contributed by atoms with E-state index in [1.54, 1.807) is 36.5 Å². The van der Waals surface area contributed by atoms with Gasteiger partial charge in [-0.15, -0.1) is 0 Å². The summed E-state index contributed by atoms with van der Waals surface area (Å²) >= 11 is 1.40. The lowest BCUT2D eigenvalue weighted by molar-refractivity contribution is -0.118. The molecule has 0 aliphatic heterocycles. The topological polar surface area (TPSA) is 51.0 Å². The van der Waals surface area contributed by atoms with E-state index in [9.17, 15) is 9.18 Å². The van der Waals surface area contributed by atoms with Gasteiger partial charge in [0.15, 0.2) is 5.16 Å². The van der Waals surface area contributed by atoms with Gasteiger partial charge < -0.3 is 9.47 Å². The summed E-state index contributed by atoms with van der Waals surface area (Å²) in [5.41, 5.74) is 2.95. The zero-order valence-electron chi connectivity index (χ0n) is 15.8. The number of likely N-dealkylation sites (N-methyl/N-ethyl adjacent to an activating group) is 1. The van der Waals surface area contributed by atoms with Crippen LogP contribution in [-0.2, 0) is 17.1 Å². The first-order valence-electron chi connectivity index (χ1n) is 9.11. The van der Waals surface area contributed by atoms with Crippen LogP contribution in [0.5, 0.6) is 0 Å². The van der Waals surface area contributed by atoms with Crippen LogP contribution in [0, 0.1) is 5.82 Å². The van der Waals surface area contributed by atoms with Crippen molar-refractivity contribution in [3.8, 4) is 0 Å². The van der Waals surface area contributed by atoms with Gasteiger partial charge in [0.05, 0.1) is 17.2 Å². The van der Waals surface area contributed by atoms with E-state index in [1.165, 1.54) is 17.8 Å². The second kappa shape index (κ2) is 8.45. The molecule has 0 aliphatic carbocycles. The molecule has 29 heavy (non-hydrogen) atoms. The molecule has 0 saturated carbocycles. The van der Waals surface area contributed by atoms with Crippen molar-refractivity contribution in [1.29, 1.82) is 0 Å². The number of carbonyl (C=O) groups is 1. The molecule has 2 aromatic heterocycles. The van der Waals surface area contributed by atoms with Crippen molar-refractivity contribution in [3.05, 3.63) is 84.4 Å². The number of thioether (sulfide) groups is 1. The molecule has 0 radical (unpaired) electrons. The SMILES string of the molecule is CN(C(=O)Cn1c(SCc2ccccc2F)nc2ccncc21)c1ccccc1. The van der Waals surface area contributed by atoms with Crippen LogP contribution in [0.3, 0.4) is 0 Å². The van der Waals surface area contributed by atoms with Crippen molar-refractivity contribution in [2.24, 2.45) is 0 Å². The van der Waals surface area contributed by atoms with Crippen molar-refractivity contribution in [1.82, 2.24) is 14.5 Å². The van der Waals surface area contributed by atoms with Crippen molar-refractivity contribution in [2.75, 3.05) is 11.9 Å². The van der Waals surface area contributed by atoms with Crippen LogP contribution in [0.15, 0.2) is 78.2 Å². The number of halogens is 1. The molecule has 7 heteroatoms. The molecule has 2 heterocycles. The van der Waals surface area contributed by atoms with E-state index in [0.717, 1.165) is 16.7 Å². The molecule has 5 nitrogen and oxygen atoms in total. The number of benzene rings is 2. The monoisotopic (exact) mass is 406 g/mol. The first-order valence-corrected chi connectivity index (χ1v) is 10.1. The number of imidazole rings is 1. The Labute approximate surface area is 172 Å². The van der Waals surface area contributed by atoms with Crippen LogP contribution in [0.25, 0.3) is 11.0 Å². The van der Waals surface area contributed by atoms with Crippen LogP contribution in [0.4, 0.5) is 10.1 Å². The van der Waals surface area contributed by atoms with Gasteiger partial charge in [-0.1, -0.05) is 48.2 Å². The average molecular weight is 406 g/mol. The Morgan fingerprint density at radius 2 is 1.86 bits per heavy atom. The highest BCUT2D eigenvalue weighted by atomic mass is 32.2. The predicted octanol–water partition coefficient (Wildman–Crippen LogP) is 4.53. The number of hydrogen-bond acceptors (Lipinski definition) is 4. The van der Waals surface area contributed by atoms with Gasteiger partial charge in [0, 0.05) is 24.7 Å². The van der Waals surface area contributed by atoms with E-state index in [0.29, 0.717) is 16.5 Å². The van der Waals surface area contributed by atoms with Crippen LogP contribution < -0.4 is 4.90 Å². The lowest BCUT2D eigenvalue weighted by atomic mass is 10.2. The molecule has 0 aliphatic rings. The van der Waals surface area contributed by atoms with Gasteiger partial charge in [-0.2, -0.15) is 0 Å². The molecule has 4 rings (SSSR count). The van der Waals surface area contributed by atoms with Crippen molar-refractivity contribution in [3.63, 3.8) is 0 Å². The van der Waals surface area contributed by atoms with E-state index < -0.39 is 0 Å². The Kier molecular flexibility index (Phi) is 5.57. The highest BCUT2D eigenvalue weighted by Crippen LogP contribution is 2.27. The summed E-state index contributed by atoms with van der Waals surface area (Å²) in [6.45, 7) is 0.118. The molecule has 0 bridgehead atoms. The van der Waals surface area contributed by atoms with E-state index in [2.05, 4.69) is 9.97 Å². The smallest absolute Gasteiger partial charge is 0.246 e. The third-order valence-electron chi connectivity index (χ3n) is 4.64. The number of amides is 1. The van der Waals surface area contributed by atoms with E-state index in [-0.39, 0.29) is 18.3 Å². The fraction of sp³-hybridized carbons (Fsp3) is 0.136. The molecule has 0 fully saturated rings. The maximum Gasteiger partial charge on any atom is 0.246 e. The lowest BCUT2D eigenvalue weighted by Gasteiger charge is -2.18. The Hall–Kier alpha value is -3.19. The Morgan fingerprint density at radius 3 is 2.66 bits per heavy atom. The number of rotatable bonds is 6. The highest BCUT2D eigenvalue weighted by molar-refractivity contribution is 7.98. The van der Waals surface area contributed by atoms with Crippen LogP contribution in [-0.4, -0.2) is 27.5 Å². The first kappa shape index (κ1) is 19.1. The lowest BCUT2D eigenvalue weighted by Crippen LogP contribution is -2.30. The summed E-state index contributed by atoms with van der Waals surface area (Å²) in [6.07, 6.45) is 3.37. The fourth-order valence-corrected chi connectivity index (χ4v) is 4.01. The Bertz CT molecular complexity index is 1150. The fourth-order valence-electron chi connectivity index (χ4n) is 3.01. The molecule has 0 spiro atoms. The molecule has 0 unspecified atom stereocenters. The number of fused-ring (bicyclic) bond motifs is 1. The minimum Gasteiger partial charge on any atom is -0.314 e. The van der Waals surface area contributed by atoms with E-state index >= 15 is 0 Å². The average Bonchev–Trinajstić information content (AvgIpc) is 3.10. The molecule has 0 atom stereocenters. The molecular weight excluding hydrogens is 387 g/mol. The second-order valence-electron chi connectivity index (χ2n) is 6.51. The maximum atomic E-state index is 14.0. The molecule has 146 valence electrons. The highest BCUT2D eigenvalue weighted by Gasteiger charge is 2.18. The Balaban J connectivity index is 1.61. The van der Waals surface area contributed by atoms with Crippen LogP contribution >= 0.6 is 11.8 Å². The predicted molar refractivity (Wildman–Crippen MR) is 113 cm³/mol. The number of hydrogen-bond donors (Lipinski definition) is 0. The van der Waals surface area contributed by atoms with Crippen LogP contribution in [0.2, 0.25) is 0 Å². The molecule has 0 N–H and O–H groups in total. The number of nitrogens with zero attached hydrogens (tertiary/aromatic N) is 4. The third kappa shape index (κ3) is 4.14. The van der Waals surface area contributed by atoms with Crippen LogP contribution in [0.1, 0.15) is 5.56 Å². The Morgan fingerprint density at radius 1 is 1.10 bits per heavy atom. The molecule has 1 amide bonds. The number of pyridine rings is 1. The van der Waals surface area contributed by atoms with Crippen molar-refractivity contribution in [2.45, 2.75) is 17.5 Å². The van der Waals surface area contributed by atoms with Gasteiger partial charge >= 0.3 is 0 Å². The van der Waals surface area contributed by atoms with E-state index in [4.69, 9.17) is 0 Å². The number of aromatic nitrogens is 3. The summed E-state index contributed by atoms with van der Waals surface area (Å²) in [4.78, 5) is 23.4. The molecular formula is C22H19FN4OS. The van der Waals surface area contributed by atoms with Gasteiger partial charge in [0.25, 0.3) is 0 Å². The zero-order valence-corrected chi connectivity index (χ0v) is 16.6. The van der Waals surface area contributed by atoms with Gasteiger partial charge in [-0.25, -0.2) is 9.37 Å². The molecule has 0 saturated heterocycles. The van der Waals surface area contributed by atoms with Gasteiger partial charge in [0.2, 0.25) is 5.91 Å². The minimum atomic E-state index is -0.246. The summed E-state index contributed by atoms with van der Waals surface area (Å²) in [7, 11) is 1.75. The first-order chi connectivity index (χ1) is 14.1. The minimum absolute atomic E-state index is 0.0768. The van der Waals surface area contributed by atoms with Gasteiger partial charge in [-0.3, -0.25) is 9.78 Å². The van der Waals surface area contributed by atoms with Gasteiger partial charge in [-0.05, 0) is 29.8 Å². The second-order valence-corrected chi connectivity index (χ2v) is 7.46. The van der Waals surface area contributed by atoms with Gasteiger partial charge in [0.1, 0.15) is 12.4 Å². The number of anilines is 1. The van der Waals surface area contributed by atoms with Crippen molar-refractivity contribution >= 4 is 34.4 Å². The summed E-state index contributed by atoms with van der Waals surface area (Å²) in [6, 6.07) is 18.0. The normalized spacial score (nSPS) is 11.0. The quantitative estimate of drug-likeness (QED) is 0.442. The standard InChI is InChI=1S/C22H19FN4OS/c1-26(17-8-3-2-4-9-17)21(28)14-27-20-13-24-12-11-19(20)25-22(27)29-15-16-7-5-6-10-18(16)23/h2-13H,14-15H2,1H3. The van der Waals surface area contributed by atoms with Crippen molar-refractivity contribution < 1.29 is 9.18 Å². The number of para-hydroxylation sites is 1. The zero-order chi connectivity index (χ0) is 20.2.